The maximum atomic E-state index is 12.4. The van der Waals surface area contributed by atoms with E-state index in [0.29, 0.717) is 18.1 Å². The van der Waals surface area contributed by atoms with Crippen molar-refractivity contribution in [2.45, 2.75) is 63.9 Å². The van der Waals surface area contributed by atoms with Crippen LogP contribution in [0.2, 0.25) is 0 Å². The monoisotopic (exact) mass is 351 g/mol. The average Bonchev–Trinajstić information content (AvgIpc) is 3.02. The normalized spacial score (nSPS) is 39.7. The molecule has 5 nitrogen and oxygen atoms in total. The summed E-state index contributed by atoms with van der Waals surface area (Å²) in [4.78, 5) is 12.4. The molecule has 1 aliphatic heterocycles. The standard InChI is InChI=1S/C18H29N3O2S/c22-16(20-21-17(24)19-11-15-2-1-3-23-15)10-18-7-12-4-13(8-18)6-14(5-12)9-18/h12-15H,1-11H2,(H,20,22)(H2,19,21,24)/t12?,13?,14?,15-,18?/m0/s1. The second kappa shape index (κ2) is 6.79. The Hall–Kier alpha value is -0.880. The van der Waals surface area contributed by atoms with Crippen LogP contribution in [0.5, 0.6) is 0 Å². The average molecular weight is 352 g/mol. The Morgan fingerprint density at radius 3 is 2.33 bits per heavy atom. The van der Waals surface area contributed by atoms with Gasteiger partial charge in [-0.2, -0.15) is 0 Å². The van der Waals surface area contributed by atoms with Crippen LogP contribution in [0.4, 0.5) is 0 Å². The molecule has 6 heteroatoms. The summed E-state index contributed by atoms with van der Waals surface area (Å²) in [5, 5.41) is 3.60. The summed E-state index contributed by atoms with van der Waals surface area (Å²) in [7, 11) is 0. The first kappa shape index (κ1) is 16.6. The number of ether oxygens (including phenoxy) is 1. The second-order valence-electron chi connectivity index (χ2n) is 8.61. The van der Waals surface area contributed by atoms with E-state index in [1.165, 1.54) is 38.5 Å². The lowest BCUT2D eigenvalue weighted by atomic mass is 9.49. The van der Waals surface area contributed by atoms with Crippen LogP contribution in [0.15, 0.2) is 0 Å². The summed E-state index contributed by atoms with van der Waals surface area (Å²) < 4.78 is 5.55. The molecule has 1 atom stereocenters. The lowest BCUT2D eigenvalue weighted by Crippen LogP contribution is -2.51. The second-order valence-corrected chi connectivity index (χ2v) is 9.02. The Kier molecular flexibility index (Phi) is 4.69. The summed E-state index contributed by atoms with van der Waals surface area (Å²) in [5.41, 5.74) is 5.92. The Bertz CT molecular complexity index is 469. The summed E-state index contributed by atoms with van der Waals surface area (Å²) >= 11 is 5.23. The number of carbonyl (C=O) groups is 1. The number of rotatable bonds is 4. The van der Waals surface area contributed by atoms with Gasteiger partial charge in [0.15, 0.2) is 5.11 Å². The van der Waals surface area contributed by atoms with E-state index in [9.17, 15) is 4.79 Å². The Labute approximate surface area is 149 Å². The largest absolute Gasteiger partial charge is 0.376 e. The molecule has 0 unspecified atom stereocenters. The van der Waals surface area contributed by atoms with Crippen LogP contribution < -0.4 is 16.2 Å². The Morgan fingerprint density at radius 1 is 1.08 bits per heavy atom. The Balaban J connectivity index is 1.20. The maximum absolute atomic E-state index is 12.4. The minimum atomic E-state index is 0.0817. The molecule has 4 aliphatic carbocycles. The van der Waals surface area contributed by atoms with E-state index >= 15 is 0 Å². The molecule has 24 heavy (non-hydrogen) atoms. The van der Waals surface area contributed by atoms with Crippen LogP contribution in [0.3, 0.4) is 0 Å². The molecule has 5 fully saturated rings. The number of carbonyl (C=O) groups excluding carboxylic acids is 1. The summed E-state index contributed by atoms with van der Waals surface area (Å²) in [6.45, 7) is 1.55. The van der Waals surface area contributed by atoms with Crippen molar-refractivity contribution in [3.8, 4) is 0 Å². The molecule has 134 valence electrons. The molecular weight excluding hydrogens is 322 g/mol. The fourth-order valence-electron chi connectivity index (χ4n) is 6.07. The van der Waals surface area contributed by atoms with Gasteiger partial charge in [-0.1, -0.05) is 0 Å². The highest BCUT2D eigenvalue weighted by molar-refractivity contribution is 7.80. The van der Waals surface area contributed by atoms with Crippen LogP contribution in [-0.2, 0) is 9.53 Å². The lowest BCUT2D eigenvalue weighted by Gasteiger charge is -2.56. The predicted octanol–water partition coefficient (Wildman–Crippen LogP) is 2.27. The van der Waals surface area contributed by atoms with Gasteiger partial charge in [0.2, 0.25) is 5.91 Å². The van der Waals surface area contributed by atoms with Gasteiger partial charge < -0.3 is 10.1 Å². The molecule has 5 aliphatic rings. The Morgan fingerprint density at radius 2 is 1.75 bits per heavy atom. The number of amides is 1. The van der Waals surface area contributed by atoms with Gasteiger partial charge in [0.1, 0.15) is 0 Å². The number of hydrogen-bond donors (Lipinski definition) is 3. The van der Waals surface area contributed by atoms with E-state index in [1.807, 2.05) is 0 Å². The summed E-state index contributed by atoms with van der Waals surface area (Å²) in [6, 6.07) is 0. The zero-order valence-electron chi connectivity index (χ0n) is 14.3. The molecule has 0 aromatic heterocycles. The third kappa shape index (κ3) is 3.69. The maximum Gasteiger partial charge on any atom is 0.238 e. The van der Waals surface area contributed by atoms with Gasteiger partial charge in [0.05, 0.1) is 6.10 Å². The molecule has 3 N–H and O–H groups in total. The van der Waals surface area contributed by atoms with Crippen molar-refractivity contribution >= 4 is 23.2 Å². The minimum Gasteiger partial charge on any atom is -0.376 e. The quantitative estimate of drug-likeness (QED) is 0.536. The number of thiocarbonyl (C=S) groups is 1. The molecule has 0 aromatic carbocycles. The van der Waals surface area contributed by atoms with E-state index in [4.69, 9.17) is 17.0 Å². The van der Waals surface area contributed by atoms with Gasteiger partial charge in [-0.25, -0.2) is 0 Å². The van der Waals surface area contributed by atoms with Gasteiger partial charge in [0, 0.05) is 19.6 Å². The van der Waals surface area contributed by atoms with Crippen molar-refractivity contribution in [1.29, 1.82) is 0 Å². The molecule has 1 heterocycles. The van der Waals surface area contributed by atoms with Crippen molar-refractivity contribution < 1.29 is 9.53 Å². The number of nitrogens with one attached hydrogen (secondary N) is 3. The predicted molar refractivity (Wildman–Crippen MR) is 96.1 cm³/mol. The van der Waals surface area contributed by atoms with Crippen molar-refractivity contribution in [2.75, 3.05) is 13.2 Å². The van der Waals surface area contributed by atoms with Gasteiger partial charge in [-0.3, -0.25) is 15.6 Å². The zero-order valence-corrected chi connectivity index (χ0v) is 15.1. The van der Waals surface area contributed by atoms with Crippen LogP contribution >= 0.6 is 12.2 Å². The van der Waals surface area contributed by atoms with Crippen LogP contribution in [-0.4, -0.2) is 30.3 Å². The zero-order chi connectivity index (χ0) is 16.6. The van der Waals surface area contributed by atoms with Crippen molar-refractivity contribution in [2.24, 2.45) is 23.2 Å². The van der Waals surface area contributed by atoms with E-state index < -0.39 is 0 Å². The molecule has 0 aromatic rings. The van der Waals surface area contributed by atoms with Crippen LogP contribution in [0, 0.1) is 23.2 Å². The fraction of sp³-hybridized carbons (Fsp3) is 0.889. The van der Waals surface area contributed by atoms with Gasteiger partial charge >= 0.3 is 0 Å². The first-order valence-corrected chi connectivity index (χ1v) is 9.95. The molecule has 5 rings (SSSR count). The molecule has 4 saturated carbocycles. The van der Waals surface area contributed by atoms with Crippen molar-refractivity contribution in [3.05, 3.63) is 0 Å². The molecule has 0 radical (unpaired) electrons. The van der Waals surface area contributed by atoms with Gasteiger partial charge in [0.25, 0.3) is 0 Å². The third-order valence-electron chi connectivity index (χ3n) is 6.53. The van der Waals surface area contributed by atoms with Crippen LogP contribution in [0.1, 0.15) is 57.8 Å². The molecule has 1 saturated heterocycles. The van der Waals surface area contributed by atoms with E-state index in [-0.39, 0.29) is 17.4 Å². The molecular formula is C18H29N3O2S. The first-order chi connectivity index (χ1) is 11.6. The fourth-order valence-corrected chi connectivity index (χ4v) is 6.21. The minimum absolute atomic E-state index is 0.0817. The smallest absolute Gasteiger partial charge is 0.238 e. The van der Waals surface area contributed by atoms with Gasteiger partial charge in [-0.15, -0.1) is 0 Å². The SMILES string of the molecule is O=C(CC12CC3CC(CC(C3)C1)C2)NNC(=S)NC[C@@H]1CCCO1. The summed E-state index contributed by atoms with van der Waals surface area (Å²) in [5.74, 6) is 2.72. The van der Waals surface area contributed by atoms with Crippen LogP contribution in [0.25, 0.3) is 0 Å². The molecule has 4 bridgehead atoms. The highest BCUT2D eigenvalue weighted by atomic mass is 32.1. The third-order valence-corrected chi connectivity index (χ3v) is 6.78. The van der Waals surface area contributed by atoms with E-state index in [0.717, 1.165) is 37.2 Å². The first-order valence-electron chi connectivity index (χ1n) is 9.54. The lowest BCUT2D eigenvalue weighted by molar-refractivity contribution is -0.130. The highest BCUT2D eigenvalue weighted by Gasteiger charge is 2.51. The number of hydrazine groups is 1. The van der Waals surface area contributed by atoms with E-state index in [1.54, 1.807) is 0 Å². The van der Waals surface area contributed by atoms with E-state index in [2.05, 4.69) is 16.2 Å². The van der Waals surface area contributed by atoms with Gasteiger partial charge in [-0.05, 0) is 86.8 Å². The summed E-state index contributed by atoms with van der Waals surface area (Å²) in [6.07, 6.45) is 11.1. The molecule has 1 amide bonds. The van der Waals surface area contributed by atoms with Crippen molar-refractivity contribution in [1.82, 2.24) is 16.2 Å². The van der Waals surface area contributed by atoms with Crippen molar-refractivity contribution in [3.63, 3.8) is 0 Å². The highest BCUT2D eigenvalue weighted by Crippen LogP contribution is 2.61. The molecule has 0 spiro atoms. The number of hydrogen-bond acceptors (Lipinski definition) is 3. The topological polar surface area (TPSA) is 62.4 Å².